The molecule has 1 heterocycles. The summed E-state index contributed by atoms with van der Waals surface area (Å²) >= 11 is 0. The van der Waals surface area contributed by atoms with Gasteiger partial charge >= 0.3 is 6.09 Å². The predicted molar refractivity (Wildman–Crippen MR) is 64.8 cm³/mol. The zero-order valence-corrected chi connectivity index (χ0v) is 10.2. The number of ketones is 1. The maximum atomic E-state index is 11.9. The Kier molecular flexibility index (Phi) is 3.82. The van der Waals surface area contributed by atoms with E-state index in [4.69, 9.17) is 9.47 Å². The lowest BCUT2D eigenvalue weighted by Gasteiger charge is -2.25. The smallest absolute Gasteiger partial charge is 0.415 e. The molecule has 96 valence electrons. The number of hydrogen-bond donors (Lipinski definition) is 0. The monoisotopic (exact) mass is 249 g/mol. The molecule has 5 nitrogen and oxygen atoms in total. The van der Waals surface area contributed by atoms with E-state index in [-0.39, 0.29) is 12.3 Å². The lowest BCUT2D eigenvalue weighted by atomic mass is 10.1. The number of carbonyl (C=O) groups excluding carboxylic acids is 2. The van der Waals surface area contributed by atoms with Crippen LogP contribution >= 0.6 is 0 Å². The number of likely N-dealkylation sites (tertiary alicyclic amines) is 1. The van der Waals surface area contributed by atoms with Gasteiger partial charge in [-0.1, -0.05) is 12.1 Å². The third-order valence-corrected chi connectivity index (χ3v) is 2.78. The van der Waals surface area contributed by atoms with Crippen molar-refractivity contribution in [1.29, 1.82) is 0 Å². The van der Waals surface area contributed by atoms with Crippen LogP contribution in [0.2, 0.25) is 0 Å². The molecule has 1 aromatic carbocycles. The number of nitrogens with zero attached hydrogens (tertiary/aromatic N) is 1. The van der Waals surface area contributed by atoms with E-state index in [1.807, 2.05) is 0 Å². The summed E-state index contributed by atoms with van der Waals surface area (Å²) in [4.78, 5) is 24.6. The number of amides is 1. The summed E-state index contributed by atoms with van der Waals surface area (Å²) in [6.07, 6.45) is 0.728. The highest BCUT2D eigenvalue weighted by molar-refractivity contribution is 5.85. The molecule has 1 aliphatic heterocycles. The van der Waals surface area contributed by atoms with Crippen molar-refractivity contribution in [2.75, 3.05) is 20.2 Å². The molecule has 1 fully saturated rings. The summed E-state index contributed by atoms with van der Waals surface area (Å²) in [6.45, 7) is 0.688. The third-order valence-electron chi connectivity index (χ3n) is 2.78. The number of rotatable bonds is 2. The first-order valence-electron chi connectivity index (χ1n) is 5.82. The molecule has 1 saturated heterocycles. The fourth-order valence-corrected chi connectivity index (χ4v) is 1.86. The van der Waals surface area contributed by atoms with E-state index in [0.717, 1.165) is 0 Å². The predicted octanol–water partition coefficient (Wildman–Crippen LogP) is 1.86. The highest BCUT2D eigenvalue weighted by Gasteiger charge is 2.23. The Hall–Kier alpha value is -2.04. The Balaban J connectivity index is 2.04. The van der Waals surface area contributed by atoms with Gasteiger partial charge in [0.15, 0.2) is 17.3 Å². The molecule has 1 aromatic rings. The Labute approximate surface area is 105 Å². The zero-order valence-electron chi connectivity index (χ0n) is 10.2. The highest BCUT2D eigenvalue weighted by atomic mass is 16.6. The van der Waals surface area contributed by atoms with Crippen LogP contribution in [0.15, 0.2) is 24.3 Å². The molecule has 0 radical (unpaired) electrons. The standard InChI is InChI=1S/C13H15NO4/c1-17-11-6-2-3-7-12(11)18-13(16)14-8-4-5-10(15)9-14/h2-3,6-7H,4-5,8-9H2,1H3. The summed E-state index contributed by atoms with van der Waals surface area (Å²) in [7, 11) is 1.51. The SMILES string of the molecule is COc1ccccc1OC(=O)N1CCCC(=O)C1. The number of ether oxygens (including phenoxy) is 2. The van der Waals surface area contributed by atoms with E-state index in [9.17, 15) is 9.59 Å². The average molecular weight is 249 g/mol. The van der Waals surface area contributed by atoms with E-state index < -0.39 is 6.09 Å². The largest absolute Gasteiger partial charge is 0.493 e. The van der Waals surface area contributed by atoms with Gasteiger partial charge in [0.05, 0.1) is 13.7 Å². The summed E-state index contributed by atoms with van der Waals surface area (Å²) in [6, 6.07) is 6.92. The quantitative estimate of drug-likeness (QED) is 0.802. The molecule has 0 aliphatic carbocycles. The van der Waals surface area contributed by atoms with Gasteiger partial charge in [0.2, 0.25) is 0 Å². The normalized spacial score (nSPS) is 15.4. The second kappa shape index (κ2) is 5.53. The van der Waals surface area contributed by atoms with E-state index in [1.165, 1.54) is 12.0 Å². The van der Waals surface area contributed by atoms with Gasteiger partial charge < -0.3 is 14.4 Å². The van der Waals surface area contributed by atoms with Crippen LogP contribution in [0.25, 0.3) is 0 Å². The van der Waals surface area contributed by atoms with E-state index in [2.05, 4.69) is 0 Å². The molecule has 5 heteroatoms. The van der Waals surface area contributed by atoms with Gasteiger partial charge in [-0.25, -0.2) is 4.79 Å². The van der Waals surface area contributed by atoms with Crippen molar-refractivity contribution < 1.29 is 19.1 Å². The van der Waals surface area contributed by atoms with E-state index in [1.54, 1.807) is 24.3 Å². The molecule has 0 aromatic heterocycles. The summed E-state index contributed by atoms with van der Waals surface area (Å²) in [5.41, 5.74) is 0. The second-order valence-corrected chi connectivity index (χ2v) is 4.08. The zero-order chi connectivity index (χ0) is 13.0. The van der Waals surface area contributed by atoms with Crippen LogP contribution in [-0.4, -0.2) is 37.0 Å². The number of hydrogen-bond acceptors (Lipinski definition) is 4. The van der Waals surface area contributed by atoms with Crippen molar-refractivity contribution in [3.8, 4) is 11.5 Å². The minimum atomic E-state index is -0.507. The fraction of sp³-hybridized carbons (Fsp3) is 0.385. The van der Waals surface area contributed by atoms with Gasteiger partial charge in [-0.15, -0.1) is 0 Å². The van der Waals surface area contributed by atoms with Crippen molar-refractivity contribution in [3.63, 3.8) is 0 Å². The van der Waals surface area contributed by atoms with Crippen LogP contribution in [-0.2, 0) is 4.79 Å². The molecule has 0 saturated carbocycles. The van der Waals surface area contributed by atoms with Crippen LogP contribution < -0.4 is 9.47 Å². The number of carbonyl (C=O) groups is 2. The lowest BCUT2D eigenvalue weighted by molar-refractivity contribution is -0.121. The second-order valence-electron chi connectivity index (χ2n) is 4.08. The molecule has 0 atom stereocenters. The van der Waals surface area contributed by atoms with Gasteiger partial charge in [0.1, 0.15) is 0 Å². The van der Waals surface area contributed by atoms with Crippen LogP contribution in [0.1, 0.15) is 12.8 Å². The molecule has 0 unspecified atom stereocenters. The molecular formula is C13H15NO4. The van der Waals surface area contributed by atoms with Gasteiger partial charge in [-0.05, 0) is 18.6 Å². The van der Waals surface area contributed by atoms with Crippen molar-refractivity contribution in [2.45, 2.75) is 12.8 Å². The van der Waals surface area contributed by atoms with Crippen LogP contribution in [0.4, 0.5) is 4.79 Å². The average Bonchev–Trinajstić information content (AvgIpc) is 2.39. The number of piperidine rings is 1. The molecule has 1 aliphatic rings. The minimum absolute atomic E-state index is 0.0678. The Bertz CT molecular complexity index is 458. The first-order valence-corrected chi connectivity index (χ1v) is 5.82. The van der Waals surface area contributed by atoms with Crippen molar-refractivity contribution in [3.05, 3.63) is 24.3 Å². The maximum absolute atomic E-state index is 11.9. The van der Waals surface area contributed by atoms with Crippen molar-refractivity contribution in [2.24, 2.45) is 0 Å². The Morgan fingerprint density at radius 1 is 1.28 bits per heavy atom. The van der Waals surface area contributed by atoms with Crippen LogP contribution in [0.3, 0.4) is 0 Å². The van der Waals surface area contributed by atoms with Gasteiger partial charge in [-0.3, -0.25) is 4.79 Å². The van der Waals surface area contributed by atoms with Crippen molar-refractivity contribution >= 4 is 11.9 Å². The molecule has 1 amide bonds. The molecule has 18 heavy (non-hydrogen) atoms. The summed E-state index contributed by atoms with van der Waals surface area (Å²) in [5, 5.41) is 0. The van der Waals surface area contributed by atoms with E-state index >= 15 is 0 Å². The van der Waals surface area contributed by atoms with Gasteiger partial charge in [0.25, 0.3) is 0 Å². The third kappa shape index (κ3) is 2.80. The first kappa shape index (κ1) is 12.4. The Morgan fingerprint density at radius 2 is 2.00 bits per heavy atom. The summed E-state index contributed by atoms with van der Waals surface area (Å²) in [5.74, 6) is 0.926. The first-order chi connectivity index (χ1) is 8.70. The maximum Gasteiger partial charge on any atom is 0.415 e. The van der Waals surface area contributed by atoms with Crippen LogP contribution in [0, 0.1) is 0 Å². The van der Waals surface area contributed by atoms with Crippen LogP contribution in [0.5, 0.6) is 11.5 Å². The molecule has 0 N–H and O–H groups in total. The Morgan fingerprint density at radius 3 is 2.67 bits per heavy atom. The number of methoxy groups -OCH3 is 1. The highest BCUT2D eigenvalue weighted by Crippen LogP contribution is 2.26. The molecule has 0 spiro atoms. The number of para-hydroxylation sites is 2. The van der Waals surface area contributed by atoms with Gasteiger partial charge in [0, 0.05) is 13.0 Å². The number of benzene rings is 1. The summed E-state index contributed by atoms with van der Waals surface area (Å²) < 4.78 is 10.3. The van der Waals surface area contributed by atoms with E-state index in [0.29, 0.717) is 30.9 Å². The number of Topliss-reactive ketones (excluding diaryl/α,β-unsaturated/α-hetero) is 1. The molecule has 0 bridgehead atoms. The van der Waals surface area contributed by atoms with Gasteiger partial charge in [-0.2, -0.15) is 0 Å². The molecule has 2 rings (SSSR count). The minimum Gasteiger partial charge on any atom is -0.493 e. The fourth-order valence-electron chi connectivity index (χ4n) is 1.86. The topological polar surface area (TPSA) is 55.8 Å². The lowest BCUT2D eigenvalue weighted by Crippen LogP contribution is -2.41. The molecular weight excluding hydrogens is 234 g/mol. The van der Waals surface area contributed by atoms with Crippen molar-refractivity contribution in [1.82, 2.24) is 4.90 Å².